The van der Waals surface area contributed by atoms with Gasteiger partial charge in [-0.2, -0.15) is 0 Å². The van der Waals surface area contributed by atoms with Gasteiger partial charge in [-0.05, 0) is 5.56 Å². The van der Waals surface area contributed by atoms with Gasteiger partial charge >= 0.3 is 5.97 Å². The van der Waals surface area contributed by atoms with Crippen molar-refractivity contribution in [3.05, 3.63) is 35.9 Å². The summed E-state index contributed by atoms with van der Waals surface area (Å²) >= 11 is 0. The summed E-state index contributed by atoms with van der Waals surface area (Å²) in [6.45, 7) is 1.24. The van der Waals surface area contributed by atoms with E-state index < -0.39 is 18.2 Å². The van der Waals surface area contributed by atoms with Crippen molar-refractivity contribution >= 4 is 17.8 Å². The number of benzene rings is 1. The van der Waals surface area contributed by atoms with Gasteiger partial charge in [0, 0.05) is 6.92 Å². The number of carbonyl (C=O) groups excluding carboxylic acids is 3. The lowest BCUT2D eigenvalue weighted by atomic mass is 10.1. The van der Waals surface area contributed by atoms with Crippen molar-refractivity contribution in [1.29, 1.82) is 0 Å². The van der Waals surface area contributed by atoms with Crippen LogP contribution in [0.25, 0.3) is 0 Å². The van der Waals surface area contributed by atoms with Gasteiger partial charge in [-0.3, -0.25) is 14.4 Å². The van der Waals surface area contributed by atoms with Gasteiger partial charge in [-0.25, -0.2) is 0 Å². The number of nitrogens with one attached hydrogen (secondary N) is 2. The molecule has 100 valence electrons. The summed E-state index contributed by atoms with van der Waals surface area (Å²) in [6.07, 6.45) is -0.595. The molecule has 1 aliphatic heterocycles. The minimum Gasteiger partial charge on any atom is -0.439 e. The largest absolute Gasteiger partial charge is 0.439 e. The molecule has 0 aromatic heterocycles. The second-order valence-corrected chi connectivity index (χ2v) is 4.25. The molecule has 1 aliphatic rings. The first-order valence-corrected chi connectivity index (χ1v) is 5.87. The summed E-state index contributed by atoms with van der Waals surface area (Å²) < 4.78 is 4.83. The number of hydrogen-bond donors (Lipinski definition) is 2. The third kappa shape index (κ3) is 3.31. The lowest BCUT2D eigenvalue weighted by Gasteiger charge is -2.35. The smallest absolute Gasteiger partial charge is 0.304 e. The lowest BCUT2D eigenvalue weighted by molar-refractivity contribution is -0.164. The topological polar surface area (TPSA) is 84.5 Å². The molecule has 1 heterocycles. The van der Waals surface area contributed by atoms with Crippen LogP contribution in [-0.2, 0) is 25.5 Å². The normalized spacial score (nSPS) is 21.0. The van der Waals surface area contributed by atoms with Crippen molar-refractivity contribution < 1.29 is 19.1 Å². The first-order valence-electron chi connectivity index (χ1n) is 5.87. The van der Waals surface area contributed by atoms with Crippen molar-refractivity contribution in [2.24, 2.45) is 0 Å². The van der Waals surface area contributed by atoms with Crippen LogP contribution in [0.3, 0.4) is 0 Å². The minimum absolute atomic E-state index is 0.178. The molecule has 1 saturated heterocycles. The van der Waals surface area contributed by atoms with Crippen molar-refractivity contribution in [3.63, 3.8) is 0 Å². The highest BCUT2D eigenvalue weighted by Crippen LogP contribution is 2.09. The van der Waals surface area contributed by atoms with Gasteiger partial charge in [0.1, 0.15) is 0 Å². The van der Waals surface area contributed by atoms with Gasteiger partial charge in [0.05, 0.1) is 6.42 Å². The maximum atomic E-state index is 11.8. The molecular weight excluding hydrogens is 248 g/mol. The number of amides is 2. The Morgan fingerprint density at radius 3 is 2.58 bits per heavy atom. The molecule has 2 atom stereocenters. The molecule has 6 heteroatoms. The molecule has 0 bridgehead atoms. The second-order valence-electron chi connectivity index (χ2n) is 4.25. The maximum absolute atomic E-state index is 11.8. The Kier molecular flexibility index (Phi) is 3.79. The third-order valence-electron chi connectivity index (χ3n) is 2.69. The fraction of sp³-hybridized carbons (Fsp3) is 0.308. The SMILES string of the molecule is CC(=O)O[C@H]1NC(=O)[C@@H]1NC(=O)Cc1ccccc1. The number of β-lactam (4-membered cyclic amide) rings is 1. The monoisotopic (exact) mass is 262 g/mol. The molecular formula is C13H14N2O4. The highest BCUT2D eigenvalue weighted by Gasteiger charge is 2.42. The fourth-order valence-electron chi connectivity index (χ4n) is 1.78. The van der Waals surface area contributed by atoms with Crippen LogP contribution < -0.4 is 10.6 Å². The molecule has 0 unspecified atom stereocenters. The summed E-state index contributed by atoms with van der Waals surface area (Å²) in [4.78, 5) is 33.8. The van der Waals surface area contributed by atoms with E-state index in [1.807, 2.05) is 30.3 Å². The molecule has 1 aromatic carbocycles. The summed E-state index contributed by atoms with van der Waals surface area (Å²) in [5.41, 5.74) is 0.851. The van der Waals surface area contributed by atoms with Crippen LogP contribution in [0.15, 0.2) is 30.3 Å². The van der Waals surface area contributed by atoms with Crippen molar-refractivity contribution in [1.82, 2.24) is 10.6 Å². The summed E-state index contributed by atoms with van der Waals surface area (Å²) in [6, 6.07) is 8.37. The molecule has 0 aliphatic carbocycles. The Balaban J connectivity index is 1.88. The number of hydrogen-bond acceptors (Lipinski definition) is 4. The van der Waals surface area contributed by atoms with Gasteiger partial charge in [0.15, 0.2) is 6.04 Å². The zero-order valence-corrected chi connectivity index (χ0v) is 10.4. The van der Waals surface area contributed by atoms with Crippen LogP contribution in [0.1, 0.15) is 12.5 Å². The van der Waals surface area contributed by atoms with E-state index >= 15 is 0 Å². The van der Waals surface area contributed by atoms with E-state index in [0.29, 0.717) is 0 Å². The third-order valence-corrected chi connectivity index (χ3v) is 2.69. The number of carbonyl (C=O) groups is 3. The summed E-state index contributed by atoms with van der Waals surface area (Å²) in [5, 5.41) is 4.94. The van der Waals surface area contributed by atoms with Gasteiger partial charge in [0.2, 0.25) is 12.1 Å². The molecule has 6 nitrogen and oxygen atoms in total. The predicted octanol–water partition coefficient (Wildman–Crippen LogP) is -0.267. The molecule has 0 spiro atoms. The molecule has 0 saturated carbocycles. The zero-order valence-electron chi connectivity index (χ0n) is 10.4. The van der Waals surface area contributed by atoms with Crippen molar-refractivity contribution in [2.45, 2.75) is 25.6 Å². The number of rotatable bonds is 4. The number of esters is 1. The Hall–Kier alpha value is -2.37. The second kappa shape index (κ2) is 5.51. The summed E-state index contributed by atoms with van der Waals surface area (Å²) in [7, 11) is 0. The number of ether oxygens (including phenoxy) is 1. The van der Waals surface area contributed by atoms with Gasteiger partial charge in [-0.1, -0.05) is 30.3 Å². The van der Waals surface area contributed by atoms with Crippen LogP contribution >= 0.6 is 0 Å². The van der Waals surface area contributed by atoms with Crippen LogP contribution in [0.5, 0.6) is 0 Å². The molecule has 1 aromatic rings. The molecule has 2 rings (SSSR count). The van der Waals surface area contributed by atoms with Crippen LogP contribution in [0, 0.1) is 0 Å². The molecule has 1 fully saturated rings. The van der Waals surface area contributed by atoms with E-state index in [9.17, 15) is 14.4 Å². The Morgan fingerprint density at radius 2 is 2.00 bits per heavy atom. The highest BCUT2D eigenvalue weighted by atomic mass is 16.6. The van der Waals surface area contributed by atoms with E-state index in [0.717, 1.165) is 5.56 Å². The first-order chi connectivity index (χ1) is 9.06. The quantitative estimate of drug-likeness (QED) is 0.578. The van der Waals surface area contributed by atoms with Crippen LogP contribution in [0.4, 0.5) is 0 Å². The Morgan fingerprint density at radius 1 is 1.32 bits per heavy atom. The van der Waals surface area contributed by atoms with Gasteiger partial charge < -0.3 is 15.4 Å². The average molecular weight is 262 g/mol. The average Bonchev–Trinajstić information content (AvgIpc) is 2.36. The predicted molar refractivity (Wildman–Crippen MR) is 65.8 cm³/mol. The zero-order chi connectivity index (χ0) is 13.8. The van der Waals surface area contributed by atoms with E-state index in [2.05, 4.69) is 10.6 Å². The van der Waals surface area contributed by atoms with E-state index in [-0.39, 0.29) is 18.2 Å². The van der Waals surface area contributed by atoms with Crippen LogP contribution in [0.2, 0.25) is 0 Å². The van der Waals surface area contributed by atoms with Gasteiger partial charge in [0.25, 0.3) is 5.91 Å². The lowest BCUT2D eigenvalue weighted by Crippen LogP contribution is -2.70. The Bertz CT molecular complexity index is 501. The maximum Gasteiger partial charge on any atom is 0.304 e. The first kappa shape index (κ1) is 13.1. The van der Waals surface area contributed by atoms with E-state index in [1.54, 1.807) is 0 Å². The van der Waals surface area contributed by atoms with Crippen LogP contribution in [-0.4, -0.2) is 30.1 Å². The van der Waals surface area contributed by atoms with Gasteiger partial charge in [-0.15, -0.1) is 0 Å². The molecule has 2 amide bonds. The van der Waals surface area contributed by atoms with E-state index in [4.69, 9.17) is 4.74 Å². The standard InChI is InChI=1S/C13H14N2O4/c1-8(16)19-13-11(12(18)15-13)14-10(17)7-9-5-3-2-4-6-9/h2-6,11,13H,7H2,1H3,(H,14,17)(H,15,18)/t11-,13+/m0/s1. The molecule has 2 N–H and O–H groups in total. The molecule has 19 heavy (non-hydrogen) atoms. The van der Waals surface area contributed by atoms with Crippen molar-refractivity contribution in [2.75, 3.05) is 0 Å². The van der Waals surface area contributed by atoms with Crippen molar-refractivity contribution in [3.8, 4) is 0 Å². The Labute approximate surface area is 110 Å². The summed E-state index contributed by atoms with van der Waals surface area (Å²) in [5.74, 6) is -1.15. The minimum atomic E-state index is -0.805. The fourth-order valence-corrected chi connectivity index (χ4v) is 1.78. The van der Waals surface area contributed by atoms with E-state index in [1.165, 1.54) is 6.92 Å². The highest BCUT2D eigenvalue weighted by molar-refractivity contribution is 5.93. The molecule has 0 radical (unpaired) electrons.